The fourth-order valence-electron chi connectivity index (χ4n) is 1.99. The number of carbonyl (C=O) groups is 1. The fraction of sp³-hybridized carbons (Fsp3) is 0.909. The predicted molar refractivity (Wildman–Crippen MR) is 66.7 cm³/mol. The van der Waals surface area contributed by atoms with Crippen molar-refractivity contribution in [1.82, 2.24) is 4.31 Å². The van der Waals surface area contributed by atoms with Gasteiger partial charge in [-0.25, -0.2) is 12.7 Å². The summed E-state index contributed by atoms with van der Waals surface area (Å²) >= 11 is 0. The van der Waals surface area contributed by atoms with E-state index in [1.54, 1.807) is 6.92 Å². The molecule has 0 spiro atoms. The number of hydrogen-bond donors (Lipinski definition) is 1. The van der Waals surface area contributed by atoms with Gasteiger partial charge in [0.05, 0.1) is 24.4 Å². The quantitative estimate of drug-likeness (QED) is 0.760. The van der Waals surface area contributed by atoms with Gasteiger partial charge in [0, 0.05) is 13.1 Å². The second kappa shape index (κ2) is 5.99. The number of rotatable bonds is 6. The van der Waals surface area contributed by atoms with Gasteiger partial charge in [-0.05, 0) is 19.8 Å². The van der Waals surface area contributed by atoms with Crippen molar-refractivity contribution in [2.24, 2.45) is 11.8 Å². The molecule has 1 fully saturated rings. The minimum atomic E-state index is -3.41. The molecular weight excluding hydrogens is 258 g/mol. The first-order valence-electron chi connectivity index (χ1n) is 6.06. The molecule has 18 heavy (non-hydrogen) atoms. The lowest BCUT2D eigenvalue weighted by atomic mass is 9.99. The van der Waals surface area contributed by atoms with Crippen LogP contribution >= 0.6 is 0 Å². The van der Waals surface area contributed by atoms with Crippen molar-refractivity contribution in [2.45, 2.75) is 26.9 Å². The Morgan fingerprint density at radius 2 is 2.06 bits per heavy atom. The number of ether oxygens (including phenoxy) is 1. The zero-order chi connectivity index (χ0) is 13.9. The first-order valence-corrected chi connectivity index (χ1v) is 7.67. The average molecular weight is 279 g/mol. The van der Waals surface area contributed by atoms with Gasteiger partial charge in [0.1, 0.15) is 0 Å². The topological polar surface area (TPSA) is 83.9 Å². The standard InChI is InChI=1S/C11H21NO5S/c1-8(2)17-4-5-18(15,16)12-6-9(3)10(7-12)11(13)14/h8-10H,4-7H2,1-3H3,(H,13,14). The Hall–Kier alpha value is -0.660. The molecule has 7 heteroatoms. The number of hydrogen-bond acceptors (Lipinski definition) is 4. The SMILES string of the molecule is CC(C)OCCS(=O)(=O)N1CC(C)C(C(=O)O)C1. The van der Waals surface area contributed by atoms with E-state index in [9.17, 15) is 13.2 Å². The molecule has 1 heterocycles. The van der Waals surface area contributed by atoms with Gasteiger partial charge < -0.3 is 9.84 Å². The summed E-state index contributed by atoms with van der Waals surface area (Å²) in [4.78, 5) is 10.9. The molecule has 2 atom stereocenters. The van der Waals surface area contributed by atoms with Crippen LogP contribution in [0.1, 0.15) is 20.8 Å². The van der Waals surface area contributed by atoms with Gasteiger partial charge in [0.25, 0.3) is 0 Å². The fourth-order valence-corrected chi connectivity index (χ4v) is 3.40. The molecule has 0 saturated carbocycles. The van der Waals surface area contributed by atoms with Gasteiger partial charge in [-0.2, -0.15) is 0 Å². The van der Waals surface area contributed by atoms with Gasteiger partial charge in [-0.15, -0.1) is 0 Å². The Kier molecular flexibility index (Phi) is 5.12. The smallest absolute Gasteiger partial charge is 0.308 e. The van der Waals surface area contributed by atoms with Crippen molar-refractivity contribution in [3.8, 4) is 0 Å². The van der Waals surface area contributed by atoms with Gasteiger partial charge in [0.2, 0.25) is 10.0 Å². The van der Waals surface area contributed by atoms with Gasteiger partial charge in [-0.1, -0.05) is 6.92 Å². The Morgan fingerprint density at radius 1 is 1.44 bits per heavy atom. The predicted octanol–water partition coefficient (Wildman–Crippen LogP) is 0.394. The minimum absolute atomic E-state index is 0.00975. The highest BCUT2D eigenvalue weighted by molar-refractivity contribution is 7.89. The van der Waals surface area contributed by atoms with Crippen molar-refractivity contribution < 1.29 is 23.1 Å². The van der Waals surface area contributed by atoms with Crippen LogP contribution in [0, 0.1) is 11.8 Å². The van der Waals surface area contributed by atoms with Crippen LogP contribution in [0.25, 0.3) is 0 Å². The molecule has 0 aromatic rings. The molecule has 0 bridgehead atoms. The largest absolute Gasteiger partial charge is 0.481 e. The van der Waals surface area contributed by atoms with Crippen LogP contribution < -0.4 is 0 Å². The number of nitrogens with zero attached hydrogens (tertiary/aromatic N) is 1. The molecule has 1 rings (SSSR count). The van der Waals surface area contributed by atoms with Crippen molar-refractivity contribution in [1.29, 1.82) is 0 Å². The maximum absolute atomic E-state index is 12.0. The van der Waals surface area contributed by atoms with E-state index in [0.29, 0.717) is 0 Å². The zero-order valence-electron chi connectivity index (χ0n) is 11.0. The highest BCUT2D eigenvalue weighted by atomic mass is 32.2. The van der Waals surface area contributed by atoms with Crippen molar-refractivity contribution in [2.75, 3.05) is 25.4 Å². The van der Waals surface area contributed by atoms with Crippen LogP contribution in [0.15, 0.2) is 0 Å². The van der Waals surface area contributed by atoms with Crippen LogP contribution in [0.2, 0.25) is 0 Å². The highest BCUT2D eigenvalue weighted by Gasteiger charge is 2.39. The van der Waals surface area contributed by atoms with E-state index < -0.39 is 21.9 Å². The molecule has 0 amide bonds. The molecule has 106 valence electrons. The van der Waals surface area contributed by atoms with Gasteiger partial charge >= 0.3 is 5.97 Å². The van der Waals surface area contributed by atoms with E-state index in [0.717, 1.165) is 0 Å². The number of sulfonamides is 1. The molecule has 0 radical (unpaired) electrons. The van der Waals surface area contributed by atoms with E-state index >= 15 is 0 Å². The summed E-state index contributed by atoms with van der Waals surface area (Å²) in [5.41, 5.74) is 0. The van der Waals surface area contributed by atoms with E-state index in [1.165, 1.54) is 4.31 Å². The normalized spacial score (nSPS) is 25.8. The lowest BCUT2D eigenvalue weighted by Crippen LogP contribution is -2.33. The minimum Gasteiger partial charge on any atom is -0.481 e. The maximum Gasteiger partial charge on any atom is 0.308 e. The molecule has 6 nitrogen and oxygen atoms in total. The second-order valence-corrected chi connectivity index (χ2v) is 7.06. The molecule has 0 aliphatic carbocycles. The summed E-state index contributed by atoms with van der Waals surface area (Å²) in [5, 5.41) is 8.97. The number of carboxylic acid groups (broad SMARTS) is 1. The Bertz CT molecular complexity index is 392. The summed E-state index contributed by atoms with van der Waals surface area (Å²) in [6, 6.07) is 0. The molecule has 1 aliphatic heterocycles. The summed E-state index contributed by atoms with van der Waals surface area (Å²) in [6.07, 6.45) is -0.00975. The third-order valence-electron chi connectivity index (χ3n) is 3.08. The Balaban J connectivity index is 2.57. The average Bonchev–Trinajstić information content (AvgIpc) is 2.60. The number of carboxylic acids is 1. The lowest BCUT2D eigenvalue weighted by molar-refractivity contribution is -0.142. The zero-order valence-corrected chi connectivity index (χ0v) is 11.8. The first-order chi connectivity index (χ1) is 8.24. The summed E-state index contributed by atoms with van der Waals surface area (Å²) in [5.74, 6) is -1.78. The van der Waals surface area contributed by atoms with Crippen LogP contribution in [0.5, 0.6) is 0 Å². The molecule has 2 unspecified atom stereocenters. The molecule has 1 aliphatic rings. The lowest BCUT2D eigenvalue weighted by Gasteiger charge is -2.16. The summed E-state index contributed by atoms with van der Waals surface area (Å²) in [7, 11) is -3.41. The molecule has 0 aromatic heterocycles. The van der Waals surface area contributed by atoms with E-state index in [2.05, 4.69) is 0 Å². The summed E-state index contributed by atoms with van der Waals surface area (Å²) < 4.78 is 30.4. The maximum atomic E-state index is 12.0. The van der Waals surface area contributed by atoms with Gasteiger partial charge in [0.15, 0.2) is 0 Å². The van der Waals surface area contributed by atoms with Gasteiger partial charge in [-0.3, -0.25) is 4.79 Å². The highest BCUT2D eigenvalue weighted by Crippen LogP contribution is 2.25. The molecule has 1 N–H and O–H groups in total. The monoisotopic (exact) mass is 279 g/mol. The van der Waals surface area contributed by atoms with Crippen molar-refractivity contribution in [3.05, 3.63) is 0 Å². The molecule has 0 aromatic carbocycles. The third kappa shape index (κ3) is 3.93. The van der Waals surface area contributed by atoms with Crippen LogP contribution in [0.3, 0.4) is 0 Å². The van der Waals surface area contributed by atoms with Crippen LogP contribution in [-0.4, -0.2) is 55.4 Å². The number of aliphatic carboxylic acids is 1. The van der Waals surface area contributed by atoms with Crippen molar-refractivity contribution >= 4 is 16.0 Å². The Morgan fingerprint density at radius 3 is 2.50 bits per heavy atom. The van der Waals surface area contributed by atoms with E-state index in [1.807, 2.05) is 13.8 Å². The van der Waals surface area contributed by atoms with E-state index in [-0.39, 0.29) is 37.5 Å². The van der Waals surface area contributed by atoms with E-state index in [4.69, 9.17) is 9.84 Å². The Labute approximate surface area is 108 Å². The third-order valence-corrected chi connectivity index (χ3v) is 4.85. The van der Waals surface area contributed by atoms with Crippen LogP contribution in [-0.2, 0) is 19.6 Å². The molecule has 1 saturated heterocycles. The summed E-state index contributed by atoms with van der Waals surface area (Å²) in [6.45, 7) is 5.93. The molecular formula is C11H21NO5S. The van der Waals surface area contributed by atoms with Crippen LogP contribution in [0.4, 0.5) is 0 Å². The second-order valence-electron chi connectivity index (χ2n) is 4.97. The van der Waals surface area contributed by atoms with Crippen molar-refractivity contribution in [3.63, 3.8) is 0 Å². The first kappa shape index (κ1) is 15.4.